The minimum Gasteiger partial charge on any atom is -0.504 e. The summed E-state index contributed by atoms with van der Waals surface area (Å²) in [5.41, 5.74) is 17.4. The Morgan fingerprint density at radius 3 is 2.41 bits per heavy atom. The molecule has 3 rings (SSSR count). The Balaban J connectivity index is 0.00000126. The molecule has 3 aromatic rings. The number of nitrogen functional groups attached to an aromatic ring is 1. The Morgan fingerprint density at radius 2 is 1.78 bits per heavy atom. The fourth-order valence-electron chi connectivity index (χ4n) is 2.71. The number of nitrogens with two attached hydrogens (primary N) is 2. The van der Waals surface area contributed by atoms with Crippen LogP contribution in [-0.4, -0.2) is 14.9 Å². The number of nitrogens with zero attached hydrogens (tertiary/aromatic N) is 2. The normalized spacial score (nSPS) is 10.3. The number of benzene rings is 2. The van der Waals surface area contributed by atoms with Gasteiger partial charge in [0, 0.05) is 19.2 Å². The van der Waals surface area contributed by atoms with Gasteiger partial charge in [0.1, 0.15) is 5.69 Å². The first-order chi connectivity index (χ1) is 13.0. The maximum atomic E-state index is 10.6. The summed E-state index contributed by atoms with van der Waals surface area (Å²) in [6.45, 7) is 6.88. The third-order valence-electron chi connectivity index (χ3n) is 4.26. The first-order valence-electron chi connectivity index (χ1n) is 9.14. The SMILES string of the molecule is CC.Cc1ccc(-c2nn(C)c(CNc3cc(CN)ccc3N)c2O)cc1. The summed E-state index contributed by atoms with van der Waals surface area (Å²) in [5, 5.41) is 18.3. The van der Waals surface area contributed by atoms with Gasteiger partial charge in [-0.3, -0.25) is 4.68 Å². The van der Waals surface area contributed by atoms with E-state index in [2.05, 4.69) is 10.4 Å². The van der Waals surface area contributed by atoms with Gasteiger partial charge in [0.05, 0.1) is 23.6 Å². The maximum absolute atomic E-state index is 10.6. The second-order valence-corrected chi connectivity index (χ2v) is 6.11. The maximum Gasteiger partial charge on any atom is 0.166 e. The van der Waals surface area contributed by atoms with Crippen molar-refractivity contribution in [3.8, 4) is 17.0 Å². The largest absolute Gasteiger partial charge is 0.504 e. The van der Waals surface area contributed by atoms with E-state index in [-0.39, 0.29) is 5.75 Å². The number of nitrogens with one attached hydrogen (secondary N) is 1. The van der Waals surface area contributed by atoms with Crippen LogP contribution in [0.15, 0.2) is 42.5 Å². The van der Waals surface area contributed by atoms with Gasteiger partial charge in [-0.1, -0.05) is 49.7 Å². The van der Waals surface area contributed by atoms with E-state index < -0.39 is 0 Å². The lowest BCUT2D eigenvalue weighted by Gasteiger charge is -2.11. The first-order valence-corrected chi connectivity index (χ1v) is 9.14. The van der Waals surface area contributed by atoms with Crippen LogP contribution in [0.1, 0.15) is 30.7 Å². The van der Waals surface area contributed by atoms with Crippen molar-refractivity contribution in [3.63, 3.8) is 0 Å². The van der Waals surface area contributed by atoms with Crippen molar-refractivity contribution in [2.45, 2.75) is 33.9 Å². The number of aryl methyl sites for hydroxylation is 2. The van der Waals surface area contributed by atoms with Crippen LogP contribution in [0.2, 0.25) is 0 Å². The van der Waals surface area contributed by atoms with Gasteiger partial charge in [0.15, 0.2) is 5.75 Å². The predicted molar refractivity (Wildman–Crippen MR) is 112 cm³/mol. The van der Waals surface area contributed by atoms with Crippen molar-refractivity contribution in [1.82, 2.24) is 9.78 Å². The molecule has 0 amide bonds. The van der Waals surface area contributed by atoms with Gasteiger partial charge in [-0.05, 0) is 24.6 Å². The molecule has 6 heteroatoms. The van der Waals surface area contributed by atoms with Crippen LogP contribution >= 0.6 is 0 Å². The monoisotopic (exact) mass is 367 g/mol. The quantitative estimate of drug-likeness (QED) is 0.514. The Morgan fingerprint density at radius 1 is 1.11 bits per heavy atom. The van der Waals surface area contributed by atoms with Crippen LogP contribution in [0, 0.1) is 6.92 Å². The smallest absolute Gasteiger partial charge is 0.166 e. The molecule has 1 heterocycles. The molecule has 144 valence electrons. The third-order valence-corrected chi connectivity index (χ3v) is 4.26. The molecular formula is C21H29N5O. The minimum atomic E-state index is 0.174. The van der Waals surface area contributed by atoms with Crippen LogP contribution in [0.3, 0.4) is 0 Å². The van der Waals surface area contributed by atoms with Crippen molar-refractivity contribution in [2.24, 2.45) is 12.8 Å². The molecule has 1 aromatic heterocycles. The van der Waals surface area contributed by atoms with Crippen LogP contribution in [0.5, 0.6) is 5.75 Å². The fourth-order valence-corrected chi connectivity index (χ4v) is 2.71. The Bertz CT molecular complexity index is 884. The summed E-state index contributed by atoms with van der Waals surface area (Å²) in [4.78, 5) is 0. The summed E-state index contributed by atoms with van der Waals surface area (Å²) in [7, 11) is 1.81. The van der Waals surface area contributed by atoms with E-state index in [0.29, 0.717) is 30.2 Å². The Labute approximate surface area is 160 Å². The van der Waals surface area contributed by atoms with E-state index >= 15 is 0 Å². The van der Waals surface area contributed by atoms with Gasteiger partial charge in [0.2, 0.25) is 0 Å². The highest BCUT2D eigenvalue weighted by molar-refractivity contribution is 5.69. The second kappa shape index (κ2) is 9.09. The molecule has 0 radical (unpaired) electrons. The molecule has 0 unspecified atom stereocenters. The van der Waals surface area contributed by atoms with Crippen molar-refractivity contribution >= 4 is 11.4 Å². The summed E-state index contributed by atoms with van der Waals surface area (Å²) in [6.07, 6.45) is 0. The zero-order chi connectivity index (χ0) is 20.0. The molecular weight excluding hydrogens is 338 g/mol. The molecule has 0 aliphatic carbocycles. The third kappa shape index (κ3) is 4.60. The molecule has 0 atom stereocenters. The molecule has 2 aromatic carbocycles. The highest BCUT2D eigenvalue weighted by Crippen LogP contribution is 2.32. The Kier molecular flexibility index (Phi) is 6.85. The standard InChI is InChI=1S/C19H23N5O.C2H6/c1-12-3-6-14(7-4-12)18-19(25)17(24(2)23-18)11-22-16-9-13(10-20)5-8-15(16)21;1-2/h3-9,22,25H,10-11,20-21H2,1-2H3;1-2H3. The summed E-state index contributed by atoms with van der Waals surface area (Å²) in [6, 6.07) is 13.6. The molecule has 0 aliphatic rings. The number of hydrogen-bond donors (Lipinski definition) is 4. The number of hydrogen-bond acceptors (Lipinski definition) is 5. The molecule has 6 nitrogen and oxygen atoms in total. The molecule has 0 saturated heterocycles. The van der Waals surface area contributed by atoms with Crippen molar-refractivity contribution < 1.29 is 5.11 Å². The molecule has 6 N–H and O–H groups in total. The van der Waals surface area contributed by atoms with E-state index in [1.165, 1.54) is 0 Å². The van der Waals surface area contributed by atoms with Crippen LogP contribution < -0.4 is 16.8 Å². The van der Waals surface area contributed by atoms with Crippen molar-refractivity contribution in [1.29, 1.82) is 0 Å². The van der Waals surface area contributed by atoms with Gasteiger partial charge in [0.25, 0.3) is 0 Å². The zero-order valence-corrected chi connectivity index (χ0v) is 16.5. The lowest BCUT2D eigenvalue weighted by molar-refractivity contribution is 0.468. The summed E-state index contributed by atoms with van der Waals surface area (Å²) >= 11 is 0. The summed E-state index contributed by atoms with van der Waals surface area (Å²) in [5.74, 6) is 0.174. The van der Waals surface area contributed by atoms with E-state index in [1.54, 1.807) is 4.68 Å². The first kappa shape index (κ1) is 20.3. The number of aromatic hydroxyl groups is 1. The van der Waals surface area contributed by atoms with Gasteiger partial charge >= 0.3 is 0 Å². The lowest BCUT2D eigenvalue weighted by atomic mass is 10.1. The predicted octanol–water partition coefficient (Wildman–Crippen LogP) is 3.78. The number of aromatic nitrogens is 2. The van der Waals surface area contributed by atoms with Crippen LogP contribution in [0.4, 0.5) is 11.4 Å². The topological polar surface area (TPSA) is 102 Å². The molecule has 0 bridgehead atoms. The lowest BCUT2D eigenvalue weighted by Crippen LogP contribution is -2.08. The molecule has 0 saturated carbocycles. The molecule has 0 spiro atoms. The van der Waals surface area contributed by atoms with E-state index in [1.807, 2.05) is 70.3 Å². The highest BCUT2D eigenvalue weighted by atomic mass is 16.3. The average molecular weight is 367 g/mol. The molecule has 0 fully saturated rings. The highest BCUT2D eigenvalue weighted by Gasteiger charge is 2.17. The van der Waals surface area contributed by atoms with Crippen molar-refractivity contribution in [3.05, 3.63) is 59.3 Å². The number of rotatable bonds is 5. The average Bonchev–Trinajstić information content (AvgIpc) is 2.97. The van der Waals surface area contributed by atoms with E-state index in [4.69, 9.17) is 11.5 Å². The second-order valence-electron chi connectivity index (χ2n) is 6.11. The van der Waals surface area contributed by atoms with Crippen LogP contribution in [-0.2, 0) is 20.1 Å². The fraction of sp³-hybridized carbons (Fsp3) is 0.286. The molecule has 27 heavy (non-hydrogen) atoms. The van der Waals surface area contributed by atoms with Crippen molar-refractivity contribution in [2.75, 3.05) is 11.1 Å². The summed E-state index contributed by atoms with van der Waals surface area (Å²) < 4.78 is 1.68. The van der Waals surface area contributed by atoms with Crippen LogP contribution in [0.25, 0.3) is 11.3 Å². The minimum absolute atomic E-state index is 0.174. The molecule has 0 aliphatic heterocycles. The Hall–Kier alpha value is -2.99. The zero-order valence-electron chi connectivity index (χ0n) is 16.5. The van der Waals surface area contributed by atoms with Gasteiger partial charge < -0.3 is 21.9 Å². The van der Waals surface area contributed by atoms with Gasteiger partial charge in [-0.2, -0.15) is 5.10 Å². The number of anilines is 2. The van der Waals surface area contributed by atoms with Gasteiger partial charge in [-0.15, -0.1) is 0 Å². The van der Waals surface area contributed by atoms with E-state index in [9.17, 15) is 5.11 Å². The van der Waals surface area contributed by atoms with E-state index in [0.717, 1.165) is 22.4 Å². The van der Waals surface area contributed by atoms with Gasteiger partial charge in [-0.25, -0.2) is 0 Å².